The van der Waals surface area contributed by atoms with Gasteiger partial charge in [0.05, 0.1) is 0 Å². The fourth-order valence-electron chi connectivity index (χ4n) is 2.62. The molecule has 0 spiro atoms. The number of hydrogen-bond acceptors (Lipinski definition) is 2. The Balaban J connectivity index is 1.88. The zero-order chi connectivity index (χ0) is 12.1. The molecule has 3 heteroatoms. The molecule has 1 aliphatic carbocycles. The first kappa shape index (κ1) is 12.5. The number of hydrogen-bond donors (Lipinski definition) is 2. The van der Waals surface area contributed by atoms with Gasteiger partial charge in [-0.1, -0.05) is 25.0 Å². The quantitative estimate of drug-likeness (QED) is 0.839. The van der Waals surface area contributed by atoms with Crippen LogP contribution in [0, 0.1) is 5.82 Å². The van der Waals surface area contributed by atoms with Crippen LogP contribution in [0.15, 0.2) is 24.3 Å². The first-order chi connectivity index (χ1) is 8.29. The molecule has 17 heavy (non-hydrogen) atoms. The molecule has 2 atom stereocenters. The van der Waals surface area contributed by atoms with E-state index in [0.717, 1.165) is 12.1 Å². The molecular weight excluding hydrogens is 215 g/mol. The number of benzene rings is 1. The van der Waals surface area contributed by atoms with E-state index in [2.05, 4.69) is 10.6 Å². The third-order valence-electron chi connectivity index (χ3n) is 3.59. The molecule has 2 unspecified atom stereocenters. The van der Waals surface area contributed by atoms with Crippen molar-refractivity contribution in [2.75, 3.05) is 7.05 Å². The second-order valence-electron chi connectivity index (χ2n) is 4.80. The number of nitrogens with one attached hydrogen (secondary N) is 2. The Hall–Kier alpha value is -0.930. The van der Waals surface area contributed by atoms with Crippen molar-refractivity contribution in [3.63, 3.8) is 0 Å². The van der Waals surface area contributed by atoms with Gasteiger partial charge in [-0.3, -0.25) is 0 Å². The molecule has 0 bridgehead atoms. The van der Waals surface area contributed by atoms with E-state index in [9.17, 15) is 4.39 Å². The summed E-state index contributed by atoms with van der Waals surface area (Å²) in [6, 6.07) is 7.88. The van der Waals surface area contributed by atoms with Crippen LogP contribution in [0.1, 0.15) is 31.2 Å². The van der Waals surface area contributed by atoms with E-state index < -0.39 is 0 Å². The average Bonchev–Trinajstić information content (AvgIpc) is 2.37. The van der Waals surface area contributed by atoms with Gasteiger partial charge in [0, 0.05) is 18.6 Å². The number of likely N-dealkylation sites (N-methyl/N-ethyl adjacent to an activating group) is 1. The van der Waals surface area contributed by atoms with Crippen LogP contribution in [0.25, 0.3) is 0 Å². The maximum atomic E-state index is 13.0. The standard InChI is InChI=1S/C14H21FN2/c1-16-13-7-2-3-8-14(13)17-10-11-5-4-6-12(15)9-11/h4-6,9,13-14,16-17H,2-3,7-8,10H2,1H3. The summed E-state index contributed by atoms with van der Waals surface area (Å²) in [5, 5.41) is 6.90. The minimum Gasteiger partial charge on any atom is -0.315 e. The van der Waals surface area contributed by atoms with Gasteiger partial charge in [-0.2, -0.15) is 0 Å². The lowest BCUT2D eigenvalue weighted by molar-refractivity contribution is 0.294. The van der Waals surface area contributed by atoms with Crippen molar-refractivity contribution in [3.8, 4) is 0 Å². The summed E-state index contributed by atoms with van der Waals surface area (Å²) in [6.07, 6.45) is 5.04. The minimum absolute atomic E-state index is 0.155. The molecule has 0 amide bonds. The van der Waals surface area contributed by atoms with Crippen molar-refractivity contribution in [1.82, 2.24) is 10.6 Å². The van der Waals surface area contributed by atoms with E-state index in [-0.39, 0.29) is 5.82 Å². The Morgan fingerprint density at radius 1 is 1.24 bits per heavy atom. The summed E-state index contributed by atoms with van der Waals surface area (Å²) < 4.78 is 13.0. The second-order valence-corrected chi connectivity index (χ2v) is 4.80. The monoisotopic (exact) mass is 236 g/mol. The molecule has 1 fully saturated rings. The fraction of sp³-hybridized carbons (Fsp3) is 0.571. The summed E-state index contributed by atoms with van der Waals surface area (Å²) in [5.74, 6) is -0.155. The van der Waals surface area contributed by atoms with Crippen molar-refractivity contribution >= 4 is 0 Å². The third kappa shape index (κ3) is 3.51. The van der Waals surface area contributed by atoms with E-state index in [1.807, 2.05) is 13.1 Å². The molecule has 0 saturated heterocycles. The van der Waals surface area contributed by atoms with Crippen LogP contribution in [0.4, 0.5) is 4.39 Å². The van der Waals surface area contributed by atoms with Crippen LogP contribution in [0.2, 0.25) is 0 Å². The Morgan fingerprint density at radius 3 is 2.71 bits per heavy atom. The molecule has 0 aromatic heterocycles. The molecule has 1 aliphatic rings. The molecule has 1 saturated carbocycles. The SMILES string of the molecule is CNC1CCCCC1NCc1cccc(F)c1. The van der Waals surface area contributed by atoms with Crippen molar-refractivity contribution in [1.29, 1.82) is 0 Å². The molecule has 0 aliphatic heterocycles. The Labute approximate surface area is 103 Å². The van der Waals surface area contributed by atoms with Gasteiger partial charge in [-0.25, -0.2) is 4.39 Å². The highest BCUT2D eigenvalue weighted by Crippen LogP contribution is 2.18. The number of halogens is 1. The Kier molecular flexibility index (Phi) is 4.51. The molecule has 1 aromatic carbocycles. The lowest BCUT2D eigenvalue weighted by Gasteiger charge is -2.32. The minimum atomic E-state index is -0.155. The second kappa shape index (κ2) is 6.12. The van der Waals surface area contributed by atoms with Crippen LogP contribution in [-0.4, -0.2) is 19.1 Å². The summed E-state index contributed by atoms with van der Waals surface area (Å²) in [7, 11) is 2.02. The van der Waals surface area contributed by atoms with Crippen molar-refractivity contribution in [3.05, 3.63) is 35.6 Å². The largest absolute Gasteiger partial charge is 0.315 e. The number of rotatable bonds is 4. The molecule has 2 rings (SSSR count). The molecule has 0 radical (unpaired) electrons. The van der Waals surface area contributed by atoms with Crippen LogP contribution >= 0.6 is 0 Å². The summed E-state index contributed by atoms with van der Waals surface area (Å²) in [5.41, 5.74) is 1.02. The molecule has 2 N–H and O–H groups in total. The van der Waals surface area contributed by atoms with E-state index >= 15 is 0 Å². The zero-order valence-electron chi connectivity index (χ0n) is 10.4. The van der Waals surface area contributed by atoms with Gasteiger partial charge in [0.1, 0.15) is 5.82 Å². The predicted molar refractivity (Wildman–Crippen MR) is 68.3 cm³/mol. The van der Waals surface area contributed by atoms with Gasteiger partial charge >= 0.3 is 0 Å². The maximum absolute atomic E-state index is 13.0. The smallest absolute Gasteiger partial charge is 0.123 e. The highest BCUT2D eigenvalue weighted by Gasteiger charge is 2.22. The van der Waals surface area contributed by atoms with Gasteiger partial charge in [0.2, 0.25) is 0 Å². The fourth-order valence-corrected chi connectivity index (χ4v) is 2.62. The molecule has 94 valence electrons. The van der Waals surface area contributed by atoms with E-state index in [1.165, 1.54) is 31.7 Å². The average molecular weight is 236 g/mol. The zero-order valence-corrected chi connectivity index (χ0v) is 10.4. The molecule has 1 aromatic rings. The van der Waals surface area contributed by atoms with Gasteiger partial charge in [0.25, 0.3) is 0 Å². The van der Waals surface area contributed by atoms with Gasteiger partial charge in [-0.05, 0) is 37.6 Å². The van der Waals surface area contributed by atoms with E-state index in [1.54, 1.807) is 12.1 Å². The highest BCUT2D eigenvalue weighted by atomic mass is 19.1. The van der Waals surface area contributed by atoms with Gasteiger partial charge in [0.15, 0.2) is 0 Å². The summed E-state index contributed by atoms with van der Waals surface area (Å²) in [4.78, 5) is 0. The first-order valence-electron chi connectivity index (χ1n) is 6.44. The lowest BCUT2D eigenvalue weighted by Crippen LogP contribution is -2.48. The Bertz CT molecular complexity index is 354. The van der Waals surface area contributed by atoms with Crippen LogP contribution in [0.3, 0.4) is 0 Å². The van der Waals surface area contributed by atoms with Crippen LogP contribution < -0.4 is 10.6 Å². The molecule has 2 nitrogen and oxygen atoms in total. The third-order valence-corrected chi connectivity index (χ3v) is 3.59. The highest BCUT2D eigenvalue weighted by molar-refractivity contribution is 5.16. The molecular formula is C14H21FN2. The normalized spacial score (nSPS) is 24.8. The van der Waals surface area contributed by atoms with E-state index in [0.29, 0.717) is 12.1 Å². The van der Waals surface area contributed by atoms with Crippen molar-refractivity contribution in [2.24, 2.45) is 0 Å². The van der Waals surface area contributed by atoms with E-state index in [4.69, 9.17) is 0 Å². The summed E-state index contributed by atoms with van der Waals surface area (Å²) >= 11 is 0. The van der Waals surface area contributed by atoms with Crippen LogP contribution in [-0.2, 0) is 6.54 Å². The maximum Gasteiger partial charge on any atom is 0.123 e. The topological polar surface area (TPSA) is 24.1 Å². The lowest BCUT2D eigenvalue weighted by atomic mass is 9.90. The predicted octanol–water partition coefficient (Wildman–Crippen LogP) is 2.45. The van der Waals surface area contributed by atoms with Crippen molar-refractivity contribution in [2.45, 2.75) is 44.3 Å². The van der Waals surface area contributed by atoms with Gasteiger partial charge < -0.3 is 10.6 Å². The summed E-state index contributed by atoms with van der Waals surface area (Å²) in [6.45, 7) is 0.751. The Morgan fingerprint density at radius 2 is 2.00 bits per heavy atom. The first-order valence-corrected chi connectivity index (χ1v) is 6.44. The molecule has 0 heterocycles. The van der Waals surface area contributed by atoms with Crippen LogP contribution in [0.5, 0.6) is 0 Å². The van der Waals surface area contributed by atoms with Gasteiger partial charge in [-0.15, -0.1) is 0 Å². The van der Waals surface area contributed by atoms with Crippen molar-refractivity contribution < 1.29 is 4.39 Å².